The average molecular weight is 283 g/mol. The van der Waals surface area contributed by atoms with Crippen LogP contribution in [0.5, 0.6) is 0 Å². The lowest BCUT2D eigenvalue weighted by atomic mass is 10.1. The van der Waals surface area contributed by atoms with E-state index in [9.17, 15) is 4.39 Å². The van der Waals surface area contributed by atoms with Crippen molar-refractivity contribution >= 4 is 16.7 Å². The average Bonchev–Trinajstić information content (AvgIpc) is 2.80. The van der Waals surface area contributed by atoms with Gasteiger partial charge in [-0.25, -0.2) is 9.37 Å². The number of nitrogens with two attached hydrogens (primary N) is 1. The Morgan fingerprint density at radius 2 is 2.05 bits per heavy atom. The molecule has 2 aromatic carbocycles. The van der Waals surface area contributed by atoms with Crippen LogP contribution in [0.4, 0.5) is 10.1 Å². The van der Waals surface area contributed by atoms with E-state index in [4.69, 9.17) is 5.73 Å². The minimum absolute atomic E-state index is 0.264. The third-order valence-corrected chi connectivity index (χ3v) is 3.77. The smallest absolute Gasteiger partial charge is 0.141 e. The van der Waals surface area contributed by atoms with E-state index in [0.29, 0.717) is 5.52 Å². The molecule has 0 fully saturated rings. The Labute approximate surface area is 123 Å². The lowest BCUT2D eigenvalue weighted by Crippen LogP contribution is -2.02. The first kappa shape index (κ1) is 13.6. The van der Waals surface area contributed by atoms with Crippen LogP contribution in [0.25, 0.3) is 22.4 Å². The number of hydrogen-bond acceptors (Lipinski definition) is 2. The zero-order chi connectivity index (χ0) is 15.0. The van der Waals surface area contributed by atoms with E-state index in [1.165, 1.54) is 12.1 Å². The molecule has 3 rings (SSSR count). The van der Waals surface area contributed by atoms with E-state index in [0.717, 1.165) is 41.1 Å². The number of benzene rings is 2. The normalized spacial score (nSPS) is 11.2. The number of fused-ring (bicyclic) bond motifs is 1. The first-order chi connectivity index (χ1) is 10.1. The molecule has 0 amide bonds. The van der Waals surface area contributed by atoms with Gasteiger partial charge in [0.25, 0.3) is 0 Å². The number of rotatable bonds is 3. The highest BCUT2D eigenvalue weighted by Crippen LogP contribution is 2.30. The number of anilines is 1. The zero-order valence-electron chi connectivity index (χ0n) is 12.2. The monoisotopic (exact) mass is 283 g/mol. The molecule has 3 nitrogen and oxygen atoms in total. The van der Waals surface area contributed by atoms with Crippen LogP contribution in [0.3, 0.4) is 0 Å². The minimum atomic E-state index is -0.264. The summed E-state index contributed by atoms with van der Waals surface area (Å²) in [7, 11) is 0. The summed E-state index contributed by atoms with van der Waals surface area (Å²) in [6, 6.07) is 10.6. The summed E-state index contributed by atoms with van der Waals surface area (Å²) >= 11 is 0. The Balaban J connectivity index is 2.30. The van der Waals surface area contributed by atoms with Gasteiger partial charge in [-0.1, -0.05) is 19.1 Å². The molecule has 0 saturated heterocycles. The van der Waals surface area contributed by atoms with E-state index < -0.39 is 0 Å². The lowest BCUT2D eigenvalue weighted by molar-refractivity contribution is 0.629. The summed E-state index contributed by atoms with van der Waals surface area (Å²) in [5.74, 6) is 0.585. The predicted molar refractivity (Wildman–Crippen MR) is 84.6 cm³/mol. The molecular weight excluding hydrogens is 265 g/mol. The highest BCUT2D eigenvalue weighted by molar-refractivity contribution is 5.82. The molecule has 0 unspecified atom stereocenters. The van der Waals surface area contributed by atoms with Crippen molar-refractivity contribution in [3.05, 3.63) is 47.8 Å². The van der Waals surface area contributed by atoms with Crippen LogP contribution in [-0.2, 0) is 6.54 Å². The van der Waals surface area contributed by atoms with Crippen molar-refractivity contribution in [3.8, 4) is 11.4 Å². The molecule has 21 heavy (non-hydrogen) atoms. The van der Waals surface area contributed by atoms with E-state index in [-0.39, 0.29) is 5.82 Å². The Morgan fingerprint density at radius 3 is 2.81 bits per heavy atom. The summed E-state index contributed by atoms with van der Waals surface area (Å²) in [6.07, 6.45) is 0.983. The molecule has 0 saturated carbocycles. The lowest BCUT2D eigenvalue weighted by Gasteiger charge is -2.11. The molecular formula is C17H18FN3. The highest BCUT2D eigenvalue weighted by Gasteiger charge is 2.15. The predicted octanol–water partition coefficient (Wildman–Crippen LogP) is 4.14. The van der Waals surface area contributed by atoms with Crippen LogP contribution in [0, 0.1) is 12.7 Å². The summed E-state index contributed by atoms with van der Waals surface area (Å²) in [5, 5.41) is 0. The first-order valence-corrected chi connectivity index (χ1v) is 7.13. The van der Waals surface area contributed by atoms with Crippen molar-refractivity contribution in [2.24, 2.45) is 0 Å². The van der Waals surface area contributed by atoms with Crippen molar-refractivity contribution in [3.63, 3.8) is 0 Å². The van der Waals surface area contributed by atoms with Gasteiger partial charge in [0, 0.05) is 23.9 Å². The maximum absolute atomic E-state index is 13.4. The molecule has 3 aromatic rings. The summed E-state index contributed by atoms with van der Waals surface area (Å²) < 4.78 is 15.6. The second-order valence-corrected chi connectivity index (χ2v) is 5.24. The molecule has 0 aliphatic heterocycles. The van der Waals surface area contributed by atoms with Gasteiger partial charge in [-0.3, -0.25) is 0 Å². The molecule has 2 N–H and O–H groups in total. The molecule has 0 spiro atoms. The van der Waals surface area contributed by atoms with Crippen LogP contribution in [-0.4, -0.2) is 9.55 Å². The molecule has 0 bridgehead atoms. The zero-order valence-corrected chi connectivity index (χ0v) is 12.2. The van der Waals surface area contributed by atoms with Gasteiger partial charge in [-0.05, 0) is 37.1 Å². The SMILES string of the molecule is CCCn1c(-c2cccc(N)c2C)nc2cc(F)ccc21. The fourth-order valence-electron chi connectivity index (χ4n) is 2.65. The maximum Gasteiger partial charge on any atom is 0.141 e. The van der Waals surface area contributed by atoms with Gasteiger partial charge >= 0.3 is 0 Å². The van der Waals surface area contributed by atoms with E-state index in [1.54, 1.807) is 6.07 Å². The quantitative estimate of drug-likeness (QED) is 0.734. The fourth-order valence-corrected chi connectivity index (χ4v) is 2.65. The first-order valence-electron chi connectivity index (χ1n) is 7.13. The van der Waals surface area contributed by atoms with E-state index in [1.807, 2.05) is 25.1 Å². The van der Waals surface area contributed by atoms with Crippen molar-refractivity contribution in [1.82, 2.24) is 9.55 Å². The second-order valence-electron chi connectivity index (χ2n) is 5.24. The van der Waals surface area contributed by atoms with Crippen LogP contribution < -0.4 is 5.73 Å². The summed E-state index contributed by atoms with van der Waals surface area (Å²) in [4.78, 5) is 4.63. The number of aryl methyl sites for hydroxylation is 1. The van der Waals surface area contributed by atoms with Gasteiger partial charge in [0.05, 0.1) is 11.0 Å². The van der Waals surface area contributed by atoms with Crippen LogP contribution in [0.2, 0.25) is 0 Å². The topological polar surface area (TPSA) is 43.8 Å². The Hall–Kier alpha value is -2.36. The number of nitrogen functional groups attached to an aromatic ring is 1. The molecule has 1 aromatic heterocycles. The van der Waals surface area contributed by atoms with Crippen LogP contribution in [0.1, 0.15) is 18.9 Å². The number of imidazole rings is 1. The molecule has 4 heteroatoms. The number of halogens is 1. The third kappa shape index (κ3) is 2.27. The van der Waals surface area contributed by atoms with Crippen molar-refractivity contribution in [1.29, 1.82) is 0 Å². The van der Waals surface area contributed by atoms with Gasteiger partial charge in [0.15, 0.2) is 0 Å². The fraction of sp³-hybridized carbons (Fsp3) is 0.235. The third-order valence-electron chi connectivity index (χ3n) is 3.77. The summed E-state index contributed by atoms with van der Waals surface area (Å²) in [5.41, 5.74) is 10.4. The molecule has 0 radical (unpaired) electrons. The molecule has 0 aliphatic rings. The number of aromatic nitrogens is 2. The molecule has 0 aliphatic carbocycles. The van der Waals surface area contributed by atoms with Gasteiger partial charge in [-0.2, -0.15) is 0 Å². The largest absolute Gasteiger partial charge is 0.398 e. The van der Waals surface area contributed by atoms with Crippen LogP contribution >= 0.6 is 0 Å². The highest BCUT2D eigenvalue weighted by atomic mass is 19.1. The van der Waals surface area contributed by atoms with Gasteiger partial charge in [-0.15, -0.1) is 0 Å². The molecule has 1 heterocycles. The van der Waals surface area contributed by atoms with E-state index in [2.05, 4.69) is 16.5 Å². The minimum Gasteiger partial charge on any atom is -0.398 e. The van der Waals surface area contributed by atoms with Gasteiger partial charge in [0.2, 0.25) is 0 Å². The van der Waals surface area contributed by atoms with Crippen LogP contribution in [0.15, 0.2) is 36.4 Å². The van der Waals surface area contributed by atoms with Gasteiger partial charge in [0.1, 0.15) is 11.6 Å². The Bertz CT molecular complexity index is 805. The van der Waals surface area contributed by atoms with Crippen molar-refractivity contribution in [2.45, 2.75) is 26.8 Å². The molecule has 0 atom stereocenters. The van der Waals surface area contributed by atoms with Crippen molar-refractivity contribution in [2.75, 3.05) is 5.73 Å². The molecule has 108 valence electrons. The second kappa shape index (κ2) is 5.20. The standard InChI is InChI=1S/C17H18FN3/c1-3-9-21-16-8-7-12(18)10-15(16)20-17(21)13-5-4-6-14(19)11(13)2/h4-8,10H,3,9,19H2,1-2H3. The Kier molecular flexibility index (Phi) is 3.37. The number of hydrogen-bond donors (Lipinski definition) is 1. The maximum atomic E-state index is 13.4. The van der Waals surface area contributed by atoms with Crippen molar-refractivity contribution < 1.29 is 4.39 Å². The number of nitrogens with zero attached hydrogens (tertiary/aromatic N) is 2. The Morgan fingerprint density at radius 1 is 1.24 bits per heavy atom. The van der Waals surface area contributed by atoms with E-state index >= 15 is 0 Å². The summed E-state index contributed by atoms with van der Waals surface area (Å²) in [6.45, 7) is 4.94. The van der Waals surface area contributed by atoms with Gasteiger partial charge < -0.3 is 10.3 Å².